The Hall–Kier alpha value is -1.43. The van der Waals surface area contributed by atoms with Crippen LogP contribution < -0.4 is 0 Å². The number of amides is 1. The summed E-state index contributed by atoms with van der Waals surface area (Å²) in [6, 6.07) is 6.54. The van der Waals surface area contributed by atoms with Gasteiger partial charge in [0.1, 0.15) is 5.82 Å². The van der Waals surface area contributed by atoms with E-state index in [1.165, 1.54) is 28.6 Å². The molecule has 1 saturated heterocycles. The summed E-state index contributed by atoms with van der Waals surface area (Å²) in [5.41, 5.74) is 1.80. The molecule has 0 N–H and O–H groups in total. The lowest BCUT2D eigenvalue weighted by molar-refractivity contribution is 0.0221. The molecule has 3 nitrogen and oxygen atoms in total. The van der Waals surface area contributed by atoms with E-state index in [9.17, 15) is 9.18 Å². The Kier molecular flexibility index (Phi) is 3.87. The van der Waals surface area contributed by atoms with E-state index in [-0.39, 0.29) is 10.9 Å². The first-order valence-corrected chi connectivity index (χ1v) is 8.91. The van der Waals surface area contributed by atoms with Gasteiger partial charge in [-0.2, -0.15) is 0 Å². The molecule has 23 heavy (non-hydrogen) atoms. The van der Waals surface area contributed by atoms with Crippen molar-refractivity contribution in [2.45, 2.75) is 19.0 Å². The van der Waals surface area contributed by atoms with E-state index in [0.29, 0.717) is 24.7 Å². The van der Waals surface area contributed by atoms with Crippen molar-refractivity contribution < 1.29 is 9.18 Å². The van der Waals surface area contributed by atoms with Crippen molar-refractivity contribution in [2.75, 3.05) is 19.6 Å². The van der Waals surface area contributed by atoms with Crippen LogP contribution in [0, 0.1) is 5.82 Å². The van der Waals surface area contributed by atoms with Crippen LogP contribution in [0.15, 0.2) is 29.6 Å². The number of rotatable bonds is 2. The third kappa shape index (κ3) is 2.77. The van der Waals surface area contributed by atoms with Gasteiger partial charge in [-0.25, -0.2) is 4.39 Å². The zero-order chi connectivity index (χ0) is 16.0. The minimum atomic E-state index is -0.423. The summed E-state index contributed by atoms with van der Waals surface area (Å²) in [6.45, 7) is 3.46. The summed E-state index contributed by atoms with van der Waals surface area (Å²) in [7, 11) is 0. The molecule has 0 radical (unpaired) electrons. The number of nitrogens with zero attached hydrogens (tertiary/aromatic N) is 2. The Labute approximate surface area is 143 Å². The molecule has 1 aromatic carbocycles. The van der Waals surface area contributed by atoms with Crippen LogP contribution in [-0.4, -0.2) is 41.4 Å². The fourth-order valence-electron chi connectivity index (χ4n) is 3.27. The second-order valence-electron chi connectivity index (χ2n) is 6.08. The maximum Gasteiger partial charge on any atom is 0.255 e. The Morgan fingerprint density at radius 2 is 2.13 bits per heavy atom. The van der Waals surface area contributed by atoms with E-state index in [4.69, 9.17) is 11.6 Å². The molecule has 2 aliphatic rings. The van der Waals surface area contributed by atoms with Crippen molar-refractivity contribution in [3.63, 3.8) is 0 Å². The number of carbonyl (C=O) groups is 1. The van der Waals surface area contributed by atoms with E-state index in [2.05, 4.69) is 16.3 Å². The average Bonchev–Trinajstić information content (AvgIpc) is 2.93. The first kappa shape index (κ1) is 15.1. The number of hydrogen-bond acceptors (Lipinski definition) is 3. The van der Waals surface area contributed by atoms with Crippen LogP contribution in [0.5, 0.6) is 0 Å². The van der Waals surface area contributed by atoms with E-state index >= 15 is 0 Å². The molecule has 4 rings (SSSR count). The molecule has 0 aliphatic carbocycles. The van der Waals surface area contributed by atoms with Gasteiger partial charge in [-0.1, -0.05) is 11.6 Å². The Morgan fingerprint density at radius 1 is 1.30 bits per heavy atom. The SMILES string of the molecule is O=C(c1ccc(F)cc1Cl)N1CC(N2CCc3sccc3C2)C1. The lowest BCUT2D eigenvalue weighted by Gasteiger charge is -2.46. The van der Waals surface area contributed by atoms with Gasteiger partial charge in [0, 0.05) is 37.1 Å². The van der Waals surface area contributed by atoms with Gasteiger partial charge in [0.2, 0.25) is 0 Å². The summed E-state index contributed by atoms with van der Waals surface area (Å²) in [4.78, 5) is 18.2. The zero-order valence-electron chi connectivity index (χ0n) is 12.5. The zero-order valence-corrected chi connectivity index (χ0v) is 14.0. The molecule has 0 spiro atoms. The molecule has 1 fully saturated rings. The monoisotopic (exact) mass is 350 g/mol. The molecule has 0 unspecified atom stereocenters. The van der Waals surface area contributed by atoms with Gasteiger partial charge in [0.15, 0.2) is 0 Å². The first-order chi connectivity index (χ1) is 11.1. The number of likely N-dealkylation sites (tertiary alicyclic amines) is 1. The highest BCUT2D eigenvalue weighted by atomic mass is 35.5. The van der Waals surface area contributed by atoms with Crippen molar-refractivity contribution in [1.82, 2.24) is 9.80 Å². The Balaban J connectivity index is 1.39. The molecule has 6 heteroatoms. The predicted octanol–water partition coefficient (Wildman–Crippen LogP) is 3.42. The minimum absolute atomic E-state index is 0.112. The largest absolute Gasteiger partial charge is 0.335 e. The number of benzene rings is 1. The average molecular weight is 351 g/mol. The molecular weight excluding hydrogens is 335 g/mol. The smallest absolute Gasteiger partial charge is 0.255 e. The molecule has 0 atom stereocenters. The number of carbonyl (C=O) groups excluding carboxylic acids is 1. The van der Waals surface area contributed by atoms with Crippen LogP contribution in [-0.2, 0) is 13.0 Å². The molecule has 120 valence electrons. The lowest BCUT2D eigenvalue weighted by atomic mass is 10.0. The van der Waals surface area contributed by atoms with Gasteiger partial charge in [-0.05, 0) is 41.6 Å². The van der Waals surface area contributed by atoms with Crippen LogP contribution in [0.2, 0.25) is 5.02 Å². The molecule has 1 amide bonds. The maximum absolute atomic E-state index is 13.1. The fourth-order valence-corrected chi connectivity index (χ4v) is 4.41. The number of thiophene rings is 1. The first-order valence-electron chi connectivity index (χ1n) is 7.65. The van der Waals surface area contributed by atoms with Gasteiger partial charge in [-0.15, -0.1) is 11.3 Å². The van der Waals surface area contributed by atoms with Crippen LogP contribution in [0.25, 0.3) is 0 Å². The second kappa shape index (κ2) is 5.89. The van der Waals surface area contributed by atoms with Crippen molar-refractivity contribution in [1.29, 1.82) is 0 Å². The van der Waals surface area contributed by atoms with Crippen molar-refractivity contribution in [2.24, 2.45) is 0 Å². The van der Waals surface area contributed by atoms with Crippen LogP contribution in [0.3, 0.4) is 0 Å². The maximum atomic E-state index is 13.1. The number of hydrogen-bond donors (Lipinski definition) is 0. The quantitative estimate of drug-likeness (QED) is 0.828. The molecule has 3 heterocycles. The van der Waals surface area contributed by atoms with Crippen LogP contribution >= 0.6 is 22.9 Å². The number of halogens is 2. The van der Waals surface area contributed by atoms with E-state index in [1.807, 2.05) is 11.3 Å². The number of fused-ring (bicyclic) bond motifs is 1. The highest BCUT2D eigenvalue weighted by molar-refractivity contribution is 7.10. The van der Waals surface area contributed by atoms with Crippen LogP contribution in [0.1, 0.15) is 20.8 Å². The van der Waals surface area contributed by atoms with Crippen molar-refractivity contribution in [3.8, 4) is 0 Å². The highest BCUT2D eigenvalue weighted by Gasteiger charge is 2.36. The van der Waals surface area contributed by atoms with Crippen LogP contribution in [0.4, 0.5) is 4.39 Å². The molecule has 0 saturated carbocycles. The molecule has 2 aliphatic heterocycles. The van der Waals surface area contributed by atoms with Crippen molar-refractivity contribution in [3.05, 3.63) is 56.5 Å². The van der Waals surface area contributed by atoms with Gasteiger partial charge < -0.3 is 4.90 Å². The molecular formula is C17H16ClFN2OS. The Bertz CT molecular complexity index is 757. The van der Waals surface area contributed by atoms with E-state index in [0.717, 1.165) is 19.5 Å². The lowest BCUT2D eigenvalue weighted by Crippen LogP contribution is -2.61. The van der Waals surface area contributed by atoms with E-state index < -0.39 is 5.82 Å². The normalized spacial score (nSPS) is 18.6. The summed E-state index contributed by atoms with van der Waals surface area (Å²) in [5, 5.41) is 2.33. The summed E-state index contributed by atoms with van der Waals surface area (Å²) in [5.74, 6) is -0.535. The predicted molar refractivity (Wildman–Crippen MR) is 89.5 cm³/mol. The van der Waals surface area contributed by atoms with Gasteiger partial charge >= 0.3 is 0 Å². The summed E-state index contributed by atoms with van der Waals surface area (Å²) < 4.78 is 13.1. The molecule has 0 bridgehead atoms. The summed E-state index contributed by atoms with van der Waals surface area (Å²) >= 11 is 7.82. The van der Waals surface area contributed by atoms with Crippen molar-refractivity contribution >= 4 is 28.8 Å². The third-order valence-electron chi connectivity index (χ3n) is 4.66. The standard InChI is InChI=1S/C17H16ClFN2OS/c18-15-7-12(19)1-2-14(15)17(22)21-9-13(10-21)20-5-3-16-11(8-20)4-6-23-16/h1-2,4,6-7,13H,3,5,8-10H2. The second-order valence-corrected chi connectivity index (χ2v) is 7.49. The highest BCUT2D eigenvalue weighted by Crippen LogP contribution is 2.29. The minimum Gasteiger partial charge on any atom is -0.335 e. The van der Waals surface area contributed by atoms with Gasteiger partial charge in [0.25, 0.3) is 5.91 Å². The Morgan fingerprint density at radius 3 is 2.91 bits per heavy atom. The molecule has 1 aromatic heterocycles. The topological polar surface area (TPSA) is 23.6 Å². The summed E-state index contributed by atoms with van der Waals surface area (Å²) in [6.07, 6.45) is 1.10. The molecule has 2 aromatic rings. The van der Waals surface area contributed by atoms with E-state index in [1.54, 1.807) is 4.90 Å². The third-order valence-corrected chi connectivity index (χ3v) is 6.00. The fraction of sp³-hybridized carbons (Fsp3) is 0.353. The van der Waals surface area contributed by atoms with Gasteiger partial charge in [0.05, 0.1) is 10.6 Å². The van der Waals surface area contributed by atoms with Gasteiger partial charge in [-0.3, -0.25) is 9.69 Å².